The topological polar surface area (TPSA) is 42.4 Å². The highest BCUT2D eigenvalue weighted by Crippen LogP contribution is 2.19. The second-order valence-corrected chi connectivity index (χ2v) is 3.33. The molecule has 0 amide bonds. The van der Waals surface area contributed by atoms with Gasteiger partial charge in [0.25, 0.3) is 0 Å². The van der Waals surface area contributed by atoms with Crippen LogP contribution in [-0.2, 0) is 4.74 Å². The molecule has 2 heterocycles. The van der Waals surface area contributed by atoms with Crippen molar-refractivity contribution in [1.82, 2.24) is 4.98 Å². The number of pyridine rings is 1. The third-order valence-electron chi connectivity index (χ3n) is 2.41. The first-order valence-electron chi connectivity index (χ1n) is 4.52. The summed E-state index contributed by atoms with van der Waals surface area (Å²) in [5, 5.41) is 0. The Morgan fingerprint density at radius 2 is 2.36 bits per heavy atom. The number of aromatic nitrogens is 1. The summed E-state index contributed by atoms with van der Waals surface area (Å²) in [6.45, 7) is 1.76. The highest BCUT2D eigenvalue weighted by molar-refractivity contribution is 5.74. The van der Waals surface area contributed by atoms with E-state index in [4.69, 9.17) is 4.74 Å². The Bertz CT molecular complexity index is 317. The SMILES string of the molecule is COC1CN(c2ccc(C=O)cn2)C1. The van der Waals surface area contributed by atoms with Crippen LogP contribution in [0.5, 0.6) is 0 Å². The minimum Gasteiger partial charge on any atom is -0.378 e. The molecule has 1 aromatic rings. The largest absolute Gasteiger partial charge is 0.378 e. The van der Waals surface area contributed by atoms with E-state index in [9.17, 15) is 4.79 Å². The van der Waals surface area contributed by atoms with Crippen molar-refractivity contribution in [1.29, 1.82) is 0 Å². The average Bonchev–Trinajstić information content (AvgIpc) is 2.17. The van der Waals surface area contributed by atoms with Gasteiger partial charge in [0.15, 0.2) is 6.29 Å². The Labute approximate surface area is 82.5 Å². The van der Waals surface area contributed by atoms with Crippen LogP contribution in [0, 0.1) is 0 Å². The fourth-order valence-electron chi connectivity index (χ4n) is 1.43. The van der Waals surface area contributed by atoms with Gasteiger partial charge in [-0.3, -0.25) is 4.79 Å². The number of carbonyl (C=O) groups excluding carboxylic acids is 1. The van der Waals surface area contributed by atoms with Crippen molar-refractivity contribution in [3.63, 3.8) is 0 Å². The maximum absolute atomic E-state index is 10.4. The first-order valence-corrected chi connectivity index (χ1v) is 4.52. The fourth-order valence-corrected chi connectivity index (χ4v) is 1.43. The second kappa shape index (κ2) is 3.75. The van der Waals surface area contributed by atoms with Gasteiger partial charge in [-0.2, -0.15) is 0 Å². The summed E-state index contributed by atoms with van der Waals surface area (Å²) in [4.78, 5) is 16.7. The van der Waals surface area contributed by atoms with Gasteiger partial charge in [-0.15, -0.1) is 0 Å². The molecule has 1 aromatic heterocycles. The number of hydrogen-bond acceptors (Lipinski definition) is 4. The van der Waals surface area contributed by atoms with Gasteiger partial charge in [0, 0.05) is 32.0 Å². The van der Waals surface area contributed by atoms with E-state index in [1.54, 1.807) is 19.4 Å². The van der Waals surface area contributed by atoms with Gasteiger partial charge in [0.05, 0.1) is 6.10 Å². The average molecular weight is 192 g/mol. The molecule has 1 fully saturated rings. The molecule has 0 bridgehead atoms. The molecule has 74 valence electrons. The van der Waals surface area contributed by atoms with Crippen LogP contribution in [-0.4, -0.2) is 37.6 Å². The smallest absolute Gasteiger partial charge is 0.151 e. The number of carbonyl (C=O) groups is 1. The van der Waals surface area contributed by atoms with Crippen molar-refractivity contribution in [2.45, 2.75) is 6.10 Å². The molecule has 2 rings (SSSR count). The summed E-state index contributed by atoms with van der Waals surface area (Å²) in [7, 11) is 1.71. The van der Waals surface area contributed by atoms with Gasteiger partial charge in [0.2, 0.25) is 0 Å². The van der Waals surface area contributed by atoms with Crippen LogP contribution in [0.3, 0.4) is 0 Å². The van der Waals surface area contributed by atoms with E-state index in [0.717, 1.165) is 25.2 Å². The van der Waals surface area contributed by atoms with E-state index in [2.05, 4.69) is 9.88 Å². The lowest BCUT2D eigenvalue weighted by Gasteiger charge is -2.38. The third kappa shape index (κ3) is 1.61. The van der Waals surface area contributed by atoms with Crippen molar-refractivity contribution >= 4 is 12.1 Å². The van der Waals surface area contributed by atoms with E-state index in [-0.39, 0.29) is 0 Å². The number of aldehydes is 1. The van der Waals surface area contributed by atoms with Crippen molar-refractivity contribution in [3.8, 4) is 0 Å². The Balaban J connectivity index is 2.01. The Kier molecular flexibility index (Phi) is 2.45. The predicted molar refractivity (Wildman–Crippen MR) is 52.6 cm³/mol. The fraction of sp³-hybridized carbons (Fsp3) is 0.400. The normalized spacial score (nSPS) is 16.5. The molecule has 0 spiro atoms. The van der Waals surface area contributed by atoms with Crippen LogP contribution in [0.25, 0.3) is 0 Å². The van der Waals surface area contributed by atoms with Crippen LogP contribution in [0.15, 0.2) is 18.3 Å². The van der Waals surface area contributed by atoms with Gasteiger partial charge in [-0.05, 0) is 12.1 Å². The highest BCUT2D eigenvalue weighted by Gasteiger charge is 2.27. The summed E-state index contributed by atoms with van der Waals surface area (Å²) in [6.07, 6.45) is 2.70. The van der Waals surface area contributed by atoms with Gasteiger partial charge in [-0.25, -0.2) is 4.98 Å². The van der Waals surface area contributed by atoms with E-state index in [0.29, 0.717) is 11.7 Å². The lowest BCUT2D eigenvalue weighted by Crippen LogP contribution is -2.52. The molecule has 4 nitrogen and oxygen atoms in total. The highest BCUT2D eigenvalue weighted by atomic mass is 16.5. The van der Waals surface area contributed by atoms with Crippen LogP contribution in [0.1, 0.15) is 10.4 Å². The molecule has 0 aromatic carbocycles. The number of nitrogens with zero attached hydrogens (tertiary/aromatic N) is 2. The molecular weight excluding hydrogens is 180 g/mol. The van der Waals surface area contributed by atoms with Gasteiger partial charge >= 0.3 is 0 Å². The van der Waals surface area contributed by atoms with Crippen molar-refractivity contribution in [2.24, 2.45) is 0 Å². The molecule has 0 atom stereocenters. The quantitative estimate of drug-likeness (QED) is 0.662. The van der Waals surface area contributed by atoms with E-state index < -0.39 is 0 Å². The van der Waals surface area contributed by atoms with Crippen LogP contribution in [0.4, 0.5) is 5.82 Å². The van der Waals surface area contributed by atoms with Crippen LogP contribution >= 0.6 is 0 Å². The Morgan fingerprint density at radius 3 is 2.86 bits per heavy atom. The molecule has 0 unspecified atom stereocenters. The number of methoxy groups -OCH3 is 1. The molecule has 14 heavy (non-hydrogen) atoms. The number of hydrogen-bond donors (Lipinski definition) is 0. The molecule has 1 aliphatic rings. The Hall–Kier alpha value is -1.42. The maximum atomic E-state index is 10.4. The van der Waals surface area contributed by atoms with Crippen molar-refractivity contribution < 1.29 is 9.53 Å². The lowest BCUT2D eigenvalue weighted by atomic mass is 10.1. The van der Waals surface area contributed by atoms with E-state index >= 15 is 0 Å². The lowest BCUT2D eigenvalue weighted by molar-refractivity contribution is 0.0783. The number of anilines is 1. The number of ether oxygens (including phenoxy) is 1. The molecule has 0 saturated carbocycles. The molecule has 4 heteroatoms. The molecule has 0 radical (unpaired) electrons. The second-order valence-electron chi connectivity index (χ2n) is 3.33. The summed E-state index contributed by atoms with van der Waals surface area (Å²) in [6, 6.07) is 3.63. The standard InChI is InChI=1S/C10H12N2O2/c1-14-9-5-12(6-9)10-3-2-8(7-13)4-11-10/h2-4,7,9H,5-6H2,1H3. The van der Waals surface area contributed by atoms with E-state index in [1.807, 2.05) is 6.07 Å². The number of rotatable bonds is 3. The first kappa shape index (κ1) is 9.15. The van der Waals surface area contributed by atoms with Crippen LogP contribution < -0.4 is 4.90 Å². The summed E-state index contributed by atoms with van der Waals surface area (Å²) < 4.78 is 5.16. The summed E-state index contributed by atoms with van der Waals surface area (Å²) in [5.41, 5.74) is 0.609. The maximum Gasteiger partial charge on any atom is 0.151 e. The molecule has 1 aliphatic heterocycles. The molecule has 0 aliphatic carbocycles. The van der Waals surface area contributed by atoms with Gasteiger partial charge < -0.3 is 9.64 Å². The van der Waals surface area contributed by atoms with Crippen molar-refractivity contribution in [3.05, 3.63) is 23.9 Å². The summed E-state index contributed by atoms with van der Waals surface area (Å²) >= 11 is 0. The third-order valence-corrected chi connectivity index (χ3v) is 2.41. The molecule has 1 saturated heterocycles. The van der Waals surface area contributed by atoms with Gasteiger partial charge in [0.1, 0.15) is 5.82 Å². The minimum absolute atomic E-state index is 0.322. The van der Waals surface area contributed by atoms with Gasteiger partial charge in [-0.1, -0.05) is 0 Å². The monoisotopic (exact) mass is 192 g/mol. The zero-order valence-electron chi connectivity index (χ0n) is 8.01. The predicted octanol–water partition coefficient (Wildman–Crippen LogP) is 0.729. The van der Waals surface area contributed by atoms with E-state index in [1.165, 1.54) is 0 Å². The summed E-state index contributed by atoms with van der Waals surface area (Å²) in [5.74, 6) is 0.906. The first-order chi connectivity index (χ1) is 6.83. The zero-order valence-corrected chi connectivity index (χ0v) is 8.01. The van der Waals surface area contributed by atoms with Crippen LogP contribution in [0.2, 0.25) is 0 Å². The molecular formula is C10H12N2O2. The van der Waals surface area contributed by atoms with Crippen molar-refractivity contribution in [2.75, 3.05) is 25.1 Å². The molecule has 0 N–H and O–H groups in total. The minimum atomic E-state index is 0.322. The Morgan fingerprint density at radius 1 is 1.57 bits per heavy atom. The zero-order chi connectivity index (χ0) is 9.97.